The summed E-state index contributed by atoms with van der Waals surface area (Å²) in [7, 11) is -9.94. The van der Waals surface area contributed by atoms with Crippen molar-refractivity contribution in [1.29, 1.82) is 0 Å². The monoisotopic (exact) mass is 1570 g/mol. The number of ether oxygens (including phenoxy) is 4. The van der Waals surface area contributed by atoms with E-state index in [0.717, 1.165) is 115 Å². The molecule has 0 spiro atoms. The van der Waals surface area contributed by atoms with Gasteiger partial charge >= 0.3 is 39.5 Å². The Labute approximate surface area is 663 Å². The smallest absolute Gasteiger partial charge is 0.462 e. The highest BCUT2D eigenvalue weighted by Gasteiger charge is 2.30. The van der Waals surface area contributed by atoms with Gasteiger partial charge in [0.2, 0.25) is 0 Å². The zero-order valence-corrected chi connectivity index (χ0v) is 72.4. The number of hydrogen-bond donors (Lipinski definition) is 3. The number of esters is 4. The number of phosphoric acid groups is 2. The molecule has 0 aromatic heterocycles. The lowest BCUT2D eigenvalue weighted by Gasteiger charge is -2.21. The van der Waals surface area contributed by atoms with Crippen LogP contribution in [0.5, 0.6) is 0 Å². The van der Waals surface area contributed by atoms with Gasteiger partial charge in [-0.15, -0.1) is 0 Å². The van der Waals surface area contributed by atoms with Gasteiger partial charge in [0.15, 0.2) is 12.2 Å². The highest BCUT2D eigenvalue weighted by atomic mass is 31.2. The Morgan fingerprint density at radius 2 is 0.546 bits per heavy atom. The molecule has 638 valence electrons. The van der Waals surface area contributed by atoms with Gasteiger partial charge in [0.05, 0.1) is 26.4 Å². The zero-order chi connectivity index (χ0) is 79.2. The molecule has 0 aliphatic rings. The van der Waals surface area contributed by atoms with Crippen LogP contribution < -0.4 is 0 Å². The highest BCUT2D eigenvalue weighted by Crippen LogP contribution is 2.45. The molecule has 0 amide bonds. The van der Waals surface area contributed by atoms with Crippen LogP contribution in [0.15, 0.2) is 24.3 Å². The number of aliphatic hydroxyl groups is 1. The molecule has 108 heavy (non-hydrogen) atoms. The van der Waals surface area contributed by atoms with E-state index in [1.807, 2.05) is 0 Å². The summed E-state index contributed by atoms with van der Waals surface area (Å²) in [6, 6.07) is 0. The van der Waals surface area contributed by atoms with Crippen molar-refractivity contribution in [1.82, 2.24) is 0 Å². The summed E-state index contributed by atoms with van der Waals surface area (Å²) in [6.45, 7) is 9.59. The van der Waals surface area contributed by atoms with Gasteiger partial charge in [-0.2, -0.15) is 0 Å². The molecular formula is C89H170O17P2. The number of rotatable bonds is 86. The second-order valence-electron chi connectivity index (χ2n) is 32.0. The molecule has 0 aliphatic carbocycles. The molecule has 3 unspecified atom stereocenters. The van der Waals surface area contributed by atoms with E-state index in [4.69, 9.17) is 37.0 Å². The lowest BCUT2D eigenvalue weighted by molar-refractivity contribution is -0.161. The molecule has 6 atom stereocenters. The number of aliphatic hydroxyl groups excluding tert-OH is 1. The molecule has 0 heterocycles. The number of carbonyl (C=O) groups excluding carboxylic acids is 4. The van der Waals surface area contributed by atoms with Gasteiger partial charge in [0, 0.05) is 25.7 Å². The summed E-state index contributed by atoms with van der Waals surface area (Å²) < 4.78 is 68.8. The van der Waals surface area contributed by atoms with Crippen LogP contribution in [0, 0.1) is 11.8 Å². The van der Waals surface area contributed by atoms with Gasteiger partial charge in [0.25, 0.3) is 0 Å². The van der Waals surface area contributed by atoms with Crippen molar-refractivity contribution in [2.45, 2.75) is 471 Å². The van der Waals surface area contributed by atoms with Gasteiger partial charge in [-0.25, -0.2) is 9.13 Å². The molecule has 0 bridgehead atoms. The molecule has 0 aromatic carbocycles. The van der Waals surface area contributed by atoms with E-state index in [-0.39, 0.29) is 25.7 Å². The van der Waals surface area contributed by atoms with Gasteiger partial charge in [-0.05, 0) is 63.2 Å². The second kappa shape index (κ2) is 79.8. The zero-order valence-electron chi connectivity index (χ0n) is 70.6. The minimum Gasteiger partial charge on any atom is -0.462 e. The molecule has 0 fully saturated rings. The molecular weight excluding hydrogens is 1400 g/mol. The highest BCUT2D eigenvalue weighted by molar-refractivity contribution is 7.47. The van der Waals surface area contributed by atoms with Crippen LogP contribution in [0.4, 0.5) is 0 Å². The average molecular weight is 1570 g/mol. The lowest BCUT2D eigenvalue weighted by atomic mass is 9.99. The molecule has 0 rings (SSSR count). The Balaban J connectivity index is 5.22. The first-order valence-electron chi connectivity index (χ1n) is 45.3. The van der Waals surface area contributed by atoms with Crippen LogP contribution in [-0.4, -0.2) is 96.7 Å². The summed E-state index contributed by atoms with van der Waals surface area (Å²) in [5.74, 6) is -0.589. The predicted molar refractivity (Wildman–Crippen MR) is 446 cm³/mol. The van der Waals surface area contributed by atoms with E-state index < -0.39 is 97.5 Å². The Bertz CT molecular complexity index is 2160. The summed E-state index contributed by atoms with van der Waals surface area (Å²) in [5, 5.41) is 10.7. The quantitative estimate of drug-likeness (QED) is 0.0169. The molecule has 0 radical (unpaired) electrons. The van der Waals surface area contributed by atoms with E-state index in [2.05, 4.69) is 65.8 Å². The van der Waals surface area contributed by atoms with E-state index in [9.17, 15) is 43.2 Å². The topological polar surface area (TPSA) is 237 Å². The Hall–Kier alpha value is -2.46. The third-order valence-corrected chi connectivity index (χ3v) is 22.6. The number of hydrogen-bond acceptors (Lipinski definition) is 15. The Morgan fingerprint density at radius 1 is 0.306 bits per heavy atom. The predicted octanol–water partition coefficient (Wildman–Crippen LogP) is 27.0. The molecule has 19 heteroatoms. The van der Waals surface area contributed by atoms with Crippen LogP contribution in [0.3, 0.4) is 0 Å². The van der Waals surface area contributed by atoms with Crippen LogP contribution in [0.25, 0.3) is 0 Å². The van der Waals surface area contributed by atoms with Crippen molar-refractivity contribution in [2.75, 3.05) is 39.6 Å². The summed E-state index contributed by atoms with van der Waals surface area (Å²) in [5.41, 5.74) is 0. The number of unbranched alkanes of at least 4 members (excludes halogenated alkanes) is 52. The fourth-order valence-corrected chi connectivity index (χ4v) is 15.0. The van der Waals surface area contributed by atoms with Crippen molar-refractivity contribution < 1.29 is 80.2 Å². The maximum absolute atomic E-state index is 13.2. The normalized spacial score (nSPS) is 14.2. The molecule has 0 saturated heterocycles. The van der Waals surface area contributed by atoms with Gasteiger partial charge in [-0.1, -0.05) is 400 Å². The van der Waals surface area contributed by atoms with Gasteiger partial charge in [0.1, 0.15) is 19.3 Å². The van der Waals surface area contributed by atoms with E-state index in [1.54, 1.807) is 0 Å². The molecule has 0 aromatic rings. The number of phosphoric ester groups is 2. The summed E-state index contributed by atoms with van der Waals surface area (Å²) in [6.07, 6.45) is 76.2. The van der Waals surface area contributed by atoms with Crippen LogP contribution in [-0.2, 0) is 65.4 Å². The molecule has 0 aliphatic heterocycles. The molecule has 0 saturated carbocycles. The second-order valence-corrected chi connectivity index (χ2v) is 34.9. The first kappa shape index (κ1) is 106. The standard InChI is InChI=1S/C89H170O17P2/c1-7-10-12-14-16-18-20-22-24-25-26-27-28-29-33-37-40-44-48-52-59-65-71-86(91)99-77-84(105-88(93)73-68-62-54-50-46-42-38-34-31-30-32-36-39-43-47-51-58-64-70-82(6)9-3)79-103-107(95,96)101-75-83(90)76-102-108(97,98)104-80-85(78-100-87(92)72-66-60-56-55-57-63-69-81(4)5)106-89(94)74-67-61-53-49-45-41-35-23-21-19-17-15-13-11-8-2/h19,21,23,35,81-85,90H,7-18,20,22,24-34,36-80H2,1-6H3,(H,95,96)(H,97,98)/b21-19-,35-23-/t82?,83-,84-,85-/m1/s1. The fourth-order valence-electron chi connectivity index (χ4n) is 13.4. The largest absolute Gasteiger partial charge is 0.472 e. The van der Waals surface area contributed by atoms with Crippen molar-refractivity contribution in [3.63, 3.8) is 0 Å². The maximum Gasteiger partial charge on any atom is 0.472 e. The first-order chi connectivity index (χ1) is 52.4. The third kappa shape index (κ3) is 80.2. The fraction of sp³-hybridized carbons (Fsp3) is 0.910. The SMILES string of the molecule is CCCCCC/C=C\C=C/CCCCCCCC(=O)O[C@H](COC(=O)CCCCCCCCC(C)C)COP(=O)(O)OC[C@H](O)COP(=O)(O)OC[C@@H](COC(=O)CCCCCCCCCCCCCCCCCCCCCCCC)OC(=O)CCCCCCCCCCCCCCCCCCCCC(C)CC. The first-order valence-corrected chi connectivity index (χ1v) is 48.3. The van der Waals surface area contributed by atoms with Crippen LogP contribution >= 0.6 is 15.6 Å². The van der Waals surface area contributed by atoms with Crippen LogP contribution in [0.1, 0.15) is 452 Å². The Morgan fingerprint density at radius 3 is 0.833 bits per heavy atom. The van der Waals surface area contributed by atoms with Crippen molar-refractivity contribution >= 4 is 39.5 Å². The number of carbonyl (C=O) groups is 4. The molecule has 17 nitrogen and oxygen atoms in total. The van der Waals surface area contributed by atoms with Crippen molar-refractivity contribution in [3.8, 4) is 0 Å². The molecule has 3 N–H and O–H groups in total. The minimum atomic E-state index is -4.97. The Kier molecular flexibility index (Phi) is 77.9. The van der Waals surface area contributed by atoms with Crippen LogP contribution in [0.2, 0.25) is 0 Å². The number of allylic oxidation sites excluding steroid dienone is 4. The van der Waals surface area contributed by atoms with E-state index in [1.165, 1.54) is 250 Å². The maximum atomic E-state index is 13.2. The van der Waals surface area contributed by atoms with Crippen molar-refractivity contribution in [3.05, 3.63) is 24.3 Å². The van der Waals surface area contributed by atoms with E-state index >= 15 is 0 Å². The minimum absolute atomic E-state index is 0.0843. The lowest BCUT2D eigenvalue weighted by Crippen LogP contribution is -2.30. The van der Waals surface area contributed by atoms with E-state index in [0.29, 0.717) is 31.6 Å². The average Bonchev–Trinajstić information content (AvgIpc) is 0.904. The summed E-state index contributed by atoms with van der Waals surface area (Å²) >= 11 is 0. The van der Waals surface area contributed by atoms with Gasteiger partial charge in [-0.3, -0.25) is 37.3 Å². The van der Waals surface area contributed by atoms with Gasteiger partial charge < -0.3 is 33.8 Å². The summed E-state index contributed by atoms with van der Waals surface area (Å²) in [4.78, 5) is 73.2. The third-order valence-electron chi connectivity index (χ3n) is 20.7. The van der Waals surface area contributed by atoms with Crippen molar-refractivity contribution in [2.24, 2.45) is 11.8 Å².